The molecule has 0 spiro atoms. The molecule has 0 bridgehead atoms. The Kier molecular flexibility index (Phi) is 4.43. The number of nitrogen functional groups attached to an aromatic ring is 1. The van der Waals surface area contributed by atoms with Crippen LogP contribution in [0.1, 0.15) is 17.8 Å². The van der Waals surface area contributed by atoms with Gasteiger partial charge in [0.1, 0.15) is 5.82 Å². The number of nitro groups is 1. The Morgan fingerprint density at radius 3 is 2.95 bits per heavy atom. The molecule has 2 rings (SSSR count). The van der Waals surface area contributed by atoms with Gasteiger partial charge < -0.3 is 10.7 Å². The van der Waals surface area contributed by atoms with Crippen LogP contribution in [0.3, 0.4) is 0 Å². The Balaban J connectivity index is 2.13. The van der Waals surface area contributed by atoms with Crippen molar-refractivity contribution in [3.8, 4) is 0 Å². The first-order chi connectivity index (χ1) is 9.61. The SMILES string of the molecule is CC(CNc1nc(NN)ccc1[N+](=O)[O-])c1nccs1. The molecule has 0 amide bonds. The molecule has 0 aliphatic heterocycles. The lowest BCUT2D eigenvalue weighted by Gasteiger charge is -2.11. The van der Waals surface area contributed by atoms with Gasteiger partial charge in [0.15, 0.2) is 0 Å². The van der Waals surface area contributed by atoms with Crippen molar-refractivity contribution in [3.63, 3.8) is 0 Å². The molecule has 2 heterocycles. The summed E-state index contributed by atoms with van der Waals surface area (Å²) in [5.41, 5.74) is 2.28. The molecule has 106 valence electrons. The van der Waals surface area contributed by atoms with Crippen molar-refractivity contribution in [3.05, 3.63) is 38.8 Å². The molecular formula is C11H14N6O2S. The predicted molar refractivity (Wildman–Crippen MR) is 77.7 cm³/mol. The highest BCUT2D eigenvalue weighted by Gasteiger charge is 2.17. The molecule has 0 fully saturated rings. The van der Waals surface area contributed by atoms with Gasteiger partial charge in [-0.2, -0.15) is 0 Å². The van der Waals surface area contributed by atoms with Crippen LogP contribution in [-0.2, 0) is 0 Å². The Bertz CT molecular complexity index is 589. The second kappa shape index (κ2) is 6.26. The van der Waals surface area contributed by atoms with E-state index in [9.17, 15) is 10.1 Å². The number of aromatic nitrogens is 2. The van der Waals surface area contributed by atoms with Crippen LogP contribution in [0.5, 0.6) is 0 Å². The number of rotatable bonds is 6. The van der Waals surface area contributed by atoms with Gasteiger partial charge >= 0.3 is 5.69 Å². The Labute approximate surface area is 119 Å². The van der Waals surface area contributed by atoms with Gasteiger partial charge in [0, 0.05) is 30.1 Å². The number of pyridine rings is 1. The van der Waals surface area contributed by atoms with Crippen LogP contribution in [0.15, 0.2) is 23.7 Å². The molecule has 2 aromatic heterocycles. The van der Waals surface area contributed by atoms with Crippen molar-refractivity contribution in [1.82, 2.24) is 9.97 Å². The smallest absolute Gasteiger partial charge is 0.311 e. The minimum absolute atomic E-state index is 0.0876. The first-order valence-electron chi connectivity index (χ1n) is 5.87. The molecule has 4 N–H and O–H groups in total. The third kappa shape index (κ3) is 3.19. The zero-order chi connectivity index (χ0) is 14.5. The quantitative estimate of drug-likeness (QED) is 0.423. The molecule has 0 aromatic carbocycles. The second-order valence-electron chi connectivity index (χ2n) is 4.12. The monoisotopic (exact) mass is 294 g/mol. The normalized spacial score (nSPS) is 11.9. The Morgan fingerprint density at radius 1 is 1.55 bits per heavy atom. The summed E-state index contributed by atoms with van der Waals surface area (Å²) in [6.45, 7) is 2.48. The molecule has 2 aromatic rings. The average Bonchev–Trinajstić information content (AvgIpc) is 2.98. The highest BCUT2D eigenvalue weighted by atomic mass is 32.1. The van der Waals surface area contributed by atoms with Crippen LogP contribution in [0.2, 0.25) is 0 Å². The van der Waals surface area contributed by atoms with Crippen LogP contribution in [0.4, 0.5) is 17.3 Å². The molecule has 9 heteroatoms. The van der Waals surface area contributed by atoms with Crippen molar-refractivity contribution in [1.29, 1.82) is 0 Å². The van der Waals surface area contributed by atoms with Gasteiger partial charge in [0.2, 0.25) is 5.82 Å². The lowest BCUT2D eigenvalue weighted by molar-refractivity contribution is -0.384. The van der Waals surface area contributed by atoms with Crippen LogP contribution in [0.25, 0.3) is 0 Å². The van der Waals surface area contributed by atoms with Gasteiger partial charge in [0.25, 0.3) is 0 Å². The molecule has 0 radical (unpaired) electrons. The predicted octanol–water partition coefficient (Wildman–Crippen LogP) is 1.95. The molecule has 0 aliphatic rings. The molecule has 0 aliphatic carbocycles. The summed E-state index contributed by atoms with van der Waals surface area (Å²) in [5, 5.41) is 16.8. The minimum atomic E-state index is -0.482. The Hall–Kier alpha value is -2.26. The fraction of sp³-hybridized carbons (Fsp3) is 0.273. The van der Waals surface area contributed by atoms with Crippen molar-refractivity contribution in [2.24, 2.45) is 5.84 Å². The van der Waals surface area contributed by atoms with Crippen LogP contribution < -0.4 is 16.6 Å². The van der Waals surface area contributed by atoms with E-state index in [4.69, 9.17) is 5.84 Å². The standard InChI is InChI=1S/C11H14N6O2S/c1-7(11-13-4-5-20-11)6-14-10-8(17(18)19)2-3-9(15-10)16-12/h2-5,7H,6,12H2,1H3,(H2,14,15,16). The fourth-order valence-electron chi connectivity index (χ4n) is 1.62. The largest absolute Gasteiger partial charge is 0.364 e. The zero-order valence-electron chi connectivity index (χ0n) is 10.7. The topological polar surface area (TPSA) is 119 Å². The van der Waals surface area contributed by atoms with Gasteiger partial charge in [0.05, 0.1) is 9.93 Å². The molecular weight excluding hydrogens is 280 g/mol. The van der Waals surface area contributed by atoms with E-state index in [1.54, 1.807) is 17.5 Å². The fourth-order valence-corrected chi connectivity index (χ4v) is 2.32. The molecule has 1 atom stereocenters. The summed E-state index contributed by atoms with van der Waals surface area (Å²) in [7, 11) is 0. The molecule has 0 saturated heterocycles. The average molecular weight is 294 g/mol. The van der Waals surface area contributed by atoms with Gasteiger partial charge in [-0.3, -0.25) is 10.1 Å². The van der Waals surface area contributed by atoms with E-state index in [1.807, 2.05) is 12.3 Å². The molecule has 8 nitrogen and oxygen atoms in total. The van der Waals surface area contributed by atoms with Crippen LogP contribution >= 0.6 is 11.3 Å². The number of nitrogens with one attached hydrogen (secondary N) is 2. The Morgan fingerprint density at radius 2 is 2.35 bits per heavy atom. The zero-order valence-corrected chi connectivity index (χ0v) is 11.6. The van der Waals surface area contributed by atoms with E-state index >= 15 is 0 Å². The minimum Gasteiger partial charge on any atom is -0.364 e. The number of thiazole rings is 1. The highest BCUT2D eigenvalue weighted by Crippen LogP contribution is 2.25. The van der Waals surface area contributed by atoms with E-state index in [2.05, 4.69) is 20.7 Å². The lowest BCUT2D eigenvalue weighted by Crippen LogP contribution is -2.14. The van der Waals surface area contributed by atoms with Crippen molar-refractivity contribution in [2.45, 2.75) is 12.8 Å². The highest BCUT2D eigenvalue weighted by molar-refractivity contribution is 7.09. The summed E-state index contributed by atoms with van der Waals surface area (Å²) >= 11 is 1.55. The van der Waals surface area contributed by atoms with Crippen molar-refractivity contribution < 1.29 is 4.92 Å². The number of nitrogens with zero attached hydrogens (tertiary/aromatic N) is 3. The number of hydrazine groups is 1. The summed E-state index contributed by atoms with van der Waals surface area (Å²) in [6.07, 6.45) is 1.73. The maximum Gasteiger partial charge on any atom is 0.311 e. The first-order valence-corrected chi connectivity index (χ1v) is 6.75. The molecule has 20 heavy (non-hydrogen) atoms. The van der Waals surface area contributed by atoms with Crippen molar-refractivity contribution >= 4 is 28.7 Å². The van der Waals surface area contributed by atoms with E-state index in [-0.39, 0.29) is 17.4 Å². The maximum atomic E-state index is 11.0. The van der Waals surface area contributed by atoms with Crippen molar-refractivity contribution in [2.75, 3.05) is 17.3 Å². The number of hydrogen-bond donors (Lipinski definition) is 3. The van der Waals surface area contributed by atoms with Crippen LogP contribution in [-0.4, -0.2) is 21.4 Å². The summed E-state index contributed by atoms with van der Waals surface area (Å²) in [5.74, 6) is 5.94. The summed E-state index contributed by atoms with van der Waals surface area (Å²) in [4.78, 5) is 18.7. The van der Waals surface area contributed by atoms with E-state index in [0.717, 1.165) is 5.01 Å². The molecule has 1 unspecified atom stereocenters. The van der Waals surface area contributed by atoms with Gasteiger partial charge in [-0.25, -0.2) is 15.8 Å². The van der Waals surface area contributed by atoms with E-state index < -0.39 is 4.92 Å². The number of nitrogens with two attached hydrogens (primary N) is 1. The maximum absolute atomic E-state index is 11.0. The number of anilines is 2. The second-order valence-corrected chi connectivity index (χ2v) is 5.04. The van der Waals surface area contributed by atoms with Gasteiger partial charge in [-0.1, -0.05) is 6.92 Å². The molecule has 0 saturated carbocycles. The lowest BCUT2D eigenvalue weighted by atomic mass is 10.2. The third-order valence-corrected chi connectivity index (χ3v) is 3.67. The van der Waals surface area contributed by atoms with E-state index in [1.165, 1.54) is 12.1 Å². The summed E-state index contributed by atoms with van der Waals surface area (Å²) < 4.78 is 0. The van der Waals surface area contributed by atoms with Gasteiger partial charge in [-0.05, 0) is 6.07 Å². The van der Waals surface area contributed by atoms with Crippen LogP contribution in [0, 0.1) is 10.1 Å². The van der Waals surface area contributed by atoms with Gasteiger partial charge in [-0.15, -0.1) is 11.3 Å². The number of hydrogen-bond acceptors (Lipinski definition) is 8. The first kappa shape index (κ1) is 14.2. The summed E-state index contributed by atoms with van der Waals surface area (Å²) in [6, 6.07) is 2.81. The van der Waals surface area contributed by atoms with E-state index in [0.29, 0.717) is 12.4 Å². The third-order valence-electron chi connectivity index (χ3n) is 2.67.